The quantitative estimate of drug-likeness (QED) is 0.639. The van der Waals surface area contributed by atoms with Gasteiger partial charge in [-0.1, -0.05) is 0 Å². The minimum Gasteiger partial charge on any atom is -0.444 e. The zero-order chi connectivity index (χ0) is 17.0. The molecular weight excluding hydrogens is 320 g/mol. The highest BCUT2D eigenvalue weighted by molar-refractivity contribution is 6.28. The molecule has 2 heterocycles. The first-order chi connectivity index (χ1) is 10.8. The Morgan fingerprint density at radius 1 is 1.39 bits per heavy atom. The summed E-state index contributed by atoms with van der Waals surface area (Å²) >= 11 is 5.82. The molecule has 0 atom stereocenters. The number of nitrogens with zero attached hydrogens (tertiary/aromatic N) is 4. The summed E-state index contributed by atoms with van der Waals surface area (Å²) in [6, 6.07) is 0. The Morgan fingerprint density at radius 3 is 2.83 bits per heavy atom. The molecule has 126 valence electrons. The van der Waals surface area contributed by atoms with E-state index in [2.05, 4.69) is 20.3 Å². The highest BCUT2D eigenvalue weighted by Gasteiger charge is 2.15. The molecule has 0 saturated carbocycles. The normalized spacial score (nSPS) is 11.7. The van der Waals surface area contributed by atoms with Gasteiger partial charge < -0.3 is 20.4 Å². The number of aryl methyl sites for hydroxylation is 1. The third-order valence-electron chi connectivity index (χ3n) is 2.96. The molecule has 0 spiro atoms. The van der Waals surface area contributed by atoms with E-state index in [9.17, 15) is 4.79 Å². The molecule has 2 rings (SSSR count). The van der Waals surface area contributed by atoms with Gasteiger partial charge in [-0.25, -0.2) is 9.78 Å². The second-order valence-corrected chi connectivity index (χ2v) is 6.46. The van der Waals surface area contributed by atoms with Crippen molar-refractivity contribution in [2.45, 2.75) is 45.8 Å². The largest absolute Gasteiger partial charge is 0.444 e. The standard InChI is InChI=1S/C14H21ClN6O2/c1-14(2,3)23-13(22)17-6-4-5-7-21-8-18-9-10(16)19-12(15)20-11(9)21/h8H,4-7H2,1-3H3,(H,17,22)(H2,16,19,20). The first-order valence-electron chi connectivity index (χ1n) is 7.37. The lowest BCUT2D eigenvalue weighted by molar-refractivity contribution is 0.0527. The highest BCUT2D eigenvalue weighted by Crippen LogP contribution is 2.18. The van der Waals surface area contributed by atoms with Crippen LogP contribution < -0.4 is 11.1 Å². The molecule has 23 heavy (non-hydrogen) atoms. The minimum atomic E-state index is -0.487. The fourth-order valence-electron chi connectivity index (χ4n) is 2.01. The zero-order valence-electron chi connectivity index (χ0n) is 13.5. The molecule has 0 aromatic carbocycles. The van der Waals surface area contributed by atoms with Crippen molar-refractivity contribution in [1.82, 2.24) is 24.8 Å². The maximum atomic E-state index is 11.5. The lowest BCUT2D eigenvalue weighted by Crippen LogP contribution is -2.33. The number of unbranched alkanes of at least 4 members (excludes halogenated alkanes) is 1. The second kappa shape index (κ2) is 6.99. The van der Waals surface area contributed by atoms with Crippen molar-refractivity contribution in [1.29, 1.82) is 0 Å². The molecule has 2 aromatic heterocycles. The number of imidazole rings is 1. The van der Waals surface area contributed by atoms with Crippen LogP contribution in [0.4, 0.5) is 10.6 Å². The Labute approximate surface area is 139 Å². The molecular formula is C14H21ClN6O2. The van der Waals surface area contributed by atoms with Crippen molar-refractivity contribution < 1.29 is 9.53 Å². The number of carbonyl (C=O) groups excluding carboxylic acids is 1. The fourth-order valence-corrected chi connectivity index (χ4v) is 2.18. The number of ether oxygens (including phenoxy) is 1. The van der Waals surface area contributed by atoms with Crippen LogP contribution in [0.3, 0.4) is 0 Å². The summed E-state index contributed by atoms with van der Waals surface area (Å²) in [6.07, 6.45) is 2.89. The molecule has 0 saturated heterocycles. The lowest BCUT2D eigenvalue weighted by Gasteiger charge is -2.19. The Morgan fingerprint density at radius 2 is 2.13 bits per heavy atom. The van der Waals surface area contributed by atoms with Gasteiger partial charge in [-0.2, -0.15) is 9.97 Å². The number of amides is 1. The van der Waals surface area contributed by atoms with Crippen molar-refractivity contribution in [2.24, 2.45) is 0 Å². The number of fused-ring (bicyclic) bond motifs is 1. The Kier molecular flexibility index (Phi) is 5.25. The summed E-state index contributed by atoms with van der Waals surface area (Å²) in [5, 5.41) is 2.82. The minimum absolute atomic E-state index is 0.100. The van der Waals surface area contributed by atoms with E-state index in [0.717, 1.165) is 12.8 Å². The average Bonchev–Trinajstić information content (AvgIpc) is 2.79. The molecule has 3 N–H and O–H groups in total. The lowest BCUT2D eigenvalue weighted by atomic mass is 10.2. The van der Waals surface area contributed by atoms with Gasteiger partial charge in [0.15, 0.2) is 11.5 Å². The number of nitrogen functional groups attached to an aromatic ring is 1. The van der Waals surface area contributed by atoms with Gasteiger partial charge in [0.05, 0.1) is 6.33 Å². The van der Waals surface area contributed by atoms with E-state index < -0.39 is 11.7 Å². The van der Waals surface area contributed by atoms with E-state index >= 15 is 0 Å². The van der Waals surface area contributed by atoms with Gasteiger partial charge in [-0.15, -0.1) is 0 Å². The van der Waals surface area contributed by atoms with Crippen molar-refractivity contribution in [3.63, 3.8) is 0 Å². The third kappa shape index (κ3) is 4.95. The molecule has 9 heteroatoms. The molecule has 0 aliphatic rings. The van der Waals surface area contributed by atoms with Gasteiger partial charge in [0.1, 0.15) is 11.1 Å². The number of aromatic nitrogens is 4. The fraction of sp³-hybridized carbons (Fsp3) is 0.571. The second-order valence-electron chi connectivity index (χ2n) is 6.12. The molecule has 0 bridgehead atoms. The topological polar surface area (TPSA) is 108 Å². The van der Waals surface area contributed by atoms with Crippen LogP contribution in [0.25, 0.3) is 11.2 Å². The number of hydrogen-bond acceptors (Lipinski definition) is 6. The predicted molar refractivity (Wildman–Crippen MR) is 88.2 cm³/mol. The Hall–Kier alpha value is -2.09. The first kappa shape index (κ1) is 17.3. The molecule has 0 aliphatic carbocycles. The van der Waals surface area contributed by atoms with E-state index in [-0.39, 0.29) is 11.1 Å². The van der Waals surface area contributed by atoms with Gasteiger partial charge in [-0.05, 0) is 45.2 Å². The number of rotatable bonds is 5. The summed E-state index contributed by atoms with van der Waals surface area (Å²) in [4.78, 5) is 23.7. The maximum absolute atomic E-state index is 11.5. The average molecular weight is 341 g/mol. The van der Waals surface area contributed by atoms with Gasteiger partial charge in [-0.3, -0.25) is 0 Å². The predicted octanol–water partition coefficient (Wildman–Crippen LogP) is 2.37. The van der Waals surface area contributed by atoms with Crippen LogP contribution in [0.1, 0.15) is 33.6 Å². The number of alkyl carbamates (subject to hydrolysis) is 1. The van der Waals surface area contributed by atoms with Gasteiger partial charge in [0.25, 0.3) is 0 Å². The van der Waals surface area contributed by atoms with E-state index in [1.165, 1.54) is 0 Å². The van der Waals surface area contributed by atoms with Crippen LogP contribution in [0.15, 0.2) is 6.33 Å². The molecule has 0 fully saturated rings. The number of nitrogens with two attached hydrogens (primary N) is 1. The number of carbonyl (C=O) groups is 1. The molecule has 0 aliphatic heterocycles. The van der Waals surface area contributed by atoms with E-state index in [0.29, 0.717) is 24.3 Å². The highest BCUT2D eigenvalue weighted by atomic mass is 35.5. The van der Waals surface area contributed by atoms with Crippen LogP contribution >= 0.6 is 11.6 Å². The van der Waals surface area contributed by atoms with E-state index in [1.807, 2.05) is 25.3 Å². The number of halogens is 1. The maximum Gasteiger partial charge on any atom is 0.407 e. The molecule has 0 unspecified atom stereocenters. The van der Waals surface area contributed by atoms with E-state index in [1.54, 1.807) is 6.33 Å². The van der Waals surface area contributed by atoms with Crippen molar-refractivity contribution in [3.8, 4) is 0 Å². The summed E-state index contributed by atoms with van der Waals surface area (Å²) in [6.45, 7) is 6.72. The zero-order valence-corrected chi connectivity index (χ0v) is 14.2. The smallest absolute Gasteiger partial charge is 0.407 e. The monoisotopic (exact) mass is 340 g/mol. The first-order valence-corrected chi connectivity index (χ1v) is 7.75. The van der Waals surface area contributed by atoms with Gasteiger partial charge in [0.2, 0.25) is 5.28 Å². The molecule has 2 aromatic rings. The Bertz CT molecular complexity index is 694. The SMILES string of the molecule is CC(C)(C)OC(=O)NCCCCn1cnc2c(N)nc(Cl)nc21. The van der Waals surface area contributed by atoms with Crippen molar-refractivity contribution in [2.75, 3.05) is 12.3 Å². The number of hydrogen-bond donors (Lipinski definition) is 2. The van der Waals surface area contributed by atoms with Gasteiger partial charge in [0, 0.05) is 13.1 Å². The van der Waals surface area contributed by atoms with Crippen LogP contribution in [-0.2, 0) is 11.3 Å². The summed E-state index contributed by atoms with van der Waals surface area (Å²) in [7, 11) is 0. The number of nitrogens with one attached hydrogen (secondary N) is 1. The molecule has 0 radical (unpaired) electrons. The molecule has 8 nitrogen and oxygen atoms in total. The van der Waals surface area contributed by atoms with Crippen LogP contribution in [0.5, 0.6) is 0 Å². The number of anilines is 1. The summed E-state index contributed by atoms with van der Waals surface area (Å²) in [5.74, 6) is 0.269. The molecule has 1 amide bonds. The van der Waals surface area contributed by atoms with Gasteiger partial charge >= 0.3 is 6.09 Å². The Balaban J connectivity index is 1.80. The third-order valence-corrected chi connectivity index (χ3v) is 3.13. The van der Waals surface area contributed by atoms with Crippen molar-refractivity contribution >= 4 is 34.7 Å². The van der Waals surface area contributed by atoms with Crippen molar-refractivity contribution in [3.05, 3.63) is 11.6 Å². The summed E-state index contributed by atoms with van der Waals surface area (Å²) in [5.41, 5.74) is 6.43. The van der Waals surface area contributed by atoms with Crippen LogP contribution in [0, 0.1) is 0 Å². The van der Waals surface area contributed by atoms with Crippen LogP contribution in [0.2, 0.25) is 5.28 Å². The summed E-state index contributed by atoms with van der Waals surface area (Å²) < 4.78 is 7.03. The van der Waals surface area contributed by atoms with E-state index in [4.69, 9.17) is 22.1 Å². The van der Waals surface area contributed by atoms with Crippen LogP contribution in [-0.4, -0.2) is 37.8 Å².